The molecule has 3 heteroatoms. The Morgan fingerprint density at radius 2 is 2.06 bits per heavy atom. The SMILES string of the molecule is CCC1CCC(NC(=O)c2cccc(N)c2)CC1. The molecule has 3 nitrogen and oxygen atoms in total. The van der Waals surface area contributed by atoms with Crippen molar-refractivity contribution in [3.05, 3.63) is 29.8 Å². The van der Waals surface area contributed by atoms with Gasteiger partial charge in [0.1, 0.15) is 0 Å². The summed E-state index contributed by atoms with van der Waals surface area (Å²) in [5.41, 5.74) is 6.98. The molecular weight excluding hydrogens is 224 g/mol. The van der Waals surface area contributed by atoms with E-state index < -0.39 is 0 Å². The van der Waals surface area contributed by atoms with Gasteiger partial charge in [-0.2, -0.15) is 0 Å². The Hall–Kier alpha value is -1.51. The number of hydrogen-bond acceptors (Lipinski definition) is 2. The number of hydrogen-bond donors (Lipinski definition) is 2. The summed E-state index contributed by atoms with van der Waals surface area (Å²) in [4.78, 5) is 12.0. The van der Waals surface area contributed by atoms with Crippen LogP contribution < -0.4 is 11.1 Å². The third-order valence-electron chi connectivity index (χ3n) is 3.91. The van der Waals surface area contributed by atoms with Gasteiger partial charge in [-0.25, -0.2) is 0 Å². The van der Waals surface area contributed by atoms with Crippen molar-refractivity contribution in [1.82, 2.24) is 5.32 Å². The Morgan fingerprint density at radius 3 is 2.67 bits per heavy atom. The number of anilines is 1. The second-order valence-corrected chi connectivity index (χ2v) is 5.22. The molecule has 0 aliphatic heterocycles. The first-order valence-electron chi connectivity index (χ1n) is 6.85. The van der Waals surface area contributed by atoms with E-state index in [1.165, 1.54) is 19.3 Å². The summed E-state index contributed by atoms with van der Waals surface area (Å²) >= 11 is 0. The van der Waals surface area contributed by atoms with Gasteiger partial charge in [-0.3, -0.25) is 4.79 Å². The van der Waals surface area contributed by atoms with E-state index in [2.05, 4.69) is 12.2 Å². The van der Waals surface area contributed by atoms with Gasteiger partial charge in [0.25, 0.3) is 5.91 Å². The lowest BCUT2D eigenvalue weighted by Gasteiger charge is -2.28. The highest BCUT2D eigenvalue weighted by Crippen LogP contribution is 2.26. The molecular formula is C15H22N2O. The Labute approximate surface area is 109 Å². The normalized spacial score (nSPS) is 23.6. The van der Waals surface area contributed by atoms with E-state index in [0.29, 0.717) is 17.3 Å². The smallest absolute Gasteiger partial charge is 0.251 e. The summed E-state index contributed by atoms with van der Waals surface area (Å²) in [5.74, 6) is 0.854. The molecule has 98 valence electrons. The van der Waals surface area contributed by atoms with E-state index in [4.69, 9.17) is 5.73 Å². The zero-order chi connectivity index (χ0) is 13.0. The summed E-state index contributed by atoms with van der Waals surface area (Å²) in [5, 5.41) is 3.11. The molecule has 1 saturated carbocycles. The summed E-state index contributed by atoms with van der Waals surface area (Å²) in [7, 11) is 0. The fourth-order valence-electron chi connectivity index (χ4n) is 2.66. The number of nitrogens with one attached hydrogen (secondary N) is 1. The lowest BCUT2D eigenvalue weighted by molar-refractivity contribution is 0.0921. The number of carbonyl (C=O) groups is 1. The van der Waals surface area contributed by atoms with Gasteiger partial charge in [0.05, 0.1) is 0 Å². The fourth-order valence-corrected chi connectivity index (χ4v) is 2.66. The van der Waals surface area contributed by atoms with Crippen molar-refractivity contribution in [2.75, 3.05) is 5.73 Å². The van der Waals surface area contributed by atoms with Gasteiger partial charge in [-0.1, -0.05) is 19.4 Å². The molecule has 0 heterocycles. The zero-order valence-corrected chi connectivity index (χ0v) is 11.0. The van der Waals surface area contributed by atoms with Crippen LogP contribution in [-0.4, -0.2) is 11.9 Å². The lowest BCUT2D eigenvalue weighted by Crippen LogP contribution is -2.37. The molecule has 1 aromatic carbocycles. The second kappa shape index (κ2) is 5.89. The number of carbonyl (C=O) groups excluding carboxylic acids is 1. The van der Waals surface area contributed by atoms with E-state index >= 15 is 0 Å². The zero-order valence-electron chi connectivity index (χ0n) is 11.0. The third kappa shape index (κ3) is 3.25. The molecule has 0 spiro atoms. The molecule has 1 aliphatic carbocycles. The van der Waals surface area contributed by atoms with Crippen LogP contribution in [0.15, 0.2) is 24.3 Å². The van der Waals surface area contributed by atoms with Crippen molar-refractivity contribution in [2.45, 2.75) is 45.1 Å². The minimum atomic E-state index is 0.00208. The molecule has 1 aliphatic rings. The molecule has 0 atom stereocenters. The molecule has 3 N–H and O–H groups in total. The van der Waals surface area contributed by atoms with Crippen LogP contribution >= 0.6 is 0 Å². The van der Waals surface area contributed by atoms with E-state index in [0.717, 1.165) is 18.8 Å². The average Bonchev–Trinajstić information content (AvgIpc) is 2.39. The monoisotopic (exact) mass is 246 g/mol. The first-order valence-corrected chi connectivity index (χ1v) is 6.85. The van der Waals surface area contributed by atoms with Gasteiger partial charge in [-0.15, -0.1) is 0 Å². The maximum absolute atomic E-state index is 12.0. The summed E-state index contributed by atoms with van der Waals surface area (Å²) in [6.45, 7) is 2.25. The number of rotatable bonds is 3. The van der Waals surface area contributed by atoms with Crippen LogP contribution in [0.25, 0.3) is 0 Å². The van der Waals surface area contributed by atoms with Crippen LogP contribution in [0, 0.1) is 5.92 Å². The van der Waals surface area contributed by atoms with Gasteiger partial charge >= 0.3 is 0 Å². The standard InChI is InChI=1S/C15H22N2O/c1-2-11-6-8-14(9-7-11)17-15(18)12-4-3-5-13(16)10-12/h3-5,10-11,14H,2,6-9,16H2,1H3,(H,17,18). The van der Waals surface area contributed by atoms with Crippen molar-refractivity contribution >= 4 is 11.6 Å². The van der Waals surface area contributed by atoms with Crippen molar-refractivity contribution in [2.24, 2.45) is 5.92 Å². The number of nitrogens with two attached hydrogens (primary N) is 1. The van der Waals surface area contributed by atoms with Crippen molar-refractivity contribution in [1.29, 1.82) is 0 Å². The minimum Gasteiger partial charge on any atom is -0.399 e. The molecule has 18 heavy (non-hydrogen) atoms. The van der Waals surface area contributed by atoms with Gasteiger partial charge in [-0.05, 0) is 49.8 Å². The average molecular weight is 246 g/mol. The fraction of sp³-hybridized carbons (Fsp3) is 0.533. The molecule has 0 radical (unpaired) electrons. The van der Waals surface area contributed by atoms with Gasteiger partial charge in [0.15, 0.2) is 0 Å². The highest BCUT2D eigenvalue weighted by atomic mass is 16.1. The van der Waals surface area contributed by atoms with Gasteiger partial charge in [0, 0.05) is 17.3 Å². The Bertz CT molecular complexity index is 409. The Balaban J connectivity index is 1.89. The summed E-state index contributed by atoms with van der Waals surface area (Å²) in [6, 6.07) is 7.49. The summed E-state index contributed by atoms with van der Waals surface area (Å²) < 4.78 is 0. The third-order valence-corrected chi connectivity index (χ3v) is 3.91. The van der Waals surface area contributed by atoms with Crippen molar-refractivity contribution in [3.63, 3.8) is 0 Å². The molecule has 1 aromatic rings. The molecule has 0 unspecified atom stereocenters. The number of amides is 1. The van der Waals surface area contributed by atoms with Crippen LogP contribution in [0.5, 0.6) is 0 Å². The van der Waals surface area contributed by atoms with Crippen molar-refractivity contribution < 1.29 is 4.79 Å². The molecule has 2 rings (SSSR count). The number of nitrogen functional groups attached to an aromatic ring is 1. The second-order valence-electron chi connectivity index (χ2n) is 5.22. The van der Waals surface area contributed by atoms with Crippen LogP contribution in [0.1, 0.15) is 49.4 Å². The van der Waals surface area contributed by atoms with Crippen LogP contribution in [-0.2, 0) is 0 Å². The van der Waals surface area contributed by atoms with Crippen LogP contribution in [0.3, 0.4) is 0 Å². The largest absolute Gasteiger partial charge is 0.399 e. The van der Waals surface area contributed by atoms with Crippen LogP contribution in [0.4, 0.5) is 5.69 Å². The number of benzene rings is 1. The predicted octanol–water partition coefficient (Wildman–Crippen LogP) is 2.97. The lowest BCUT2D eigenvalue weighted by atomic mass is 9.84. The molecule has 1 fully saturated rings. The molecule has 0 aromatic heterocycles. The molecule has 1 amide bonds. The van der Waals surface area contributed by atoms with Gasteiger partial charge in [0.2, 0.25) is 0 Å². The van der Waals surface area contributed by atoms with E-state index in [9.17, 15) is 4.79 Å². The Kier molecular flexibility index (Phi) is 4.24. The van der Waals surface area contributed by atoms with Gasteiger partial charge < -0.3 is 11.1 Å². The predicted molar refractivity (Wildman–Crippen MR) is 74.4 cm³/mol. The molecule has 0 bridgehead atoms. The first kappa shape index (κ1) is 12.9. The summed E-state index contributed by atoms with van der Waals surface area (Å²) in [6.07, 6.45) is 5.94. The Morgan fingerprint density at radius 1 is 1.33 bits per heavy atom. The molecule has 0 saturated heterocycles. The first-order chi connectivity index (χ1) is 8.69. The quantitative estimate of drug-likeness (QED) is 0.806. The minimum absolute atomic E-state index is 0.00208. The van der Waals surface area contributed by atoms with E-state index in [1.54, 1.807) is 12.1 Å². The topological polar surface area (TPSA) is 55.1 Å². The van der Waals surface area contributed by atoms with Crippen molar-refractivity contribution in [3.8, 4) is 0 Å². The van der Waals surface area contributed by atoms with E-state index in [1.807, 2.05) is 12.1 Å². The maximum Gasteiger partial charge on any atom is 0.251 e. The highest BCUT2D eigenvalue weighted by molar-refractivity contribution is 5.95. The maximum atomic E-state index is 12.0. The highest BCUT2D eigenvalue weighted by Gasteiger charge is 2.21. The van der Waals surface area contributed by atoms with Crippen LogP contribution in [0.2, 0.25) is 0 Å². The van der Waals surface area contributed by atoms with E-state index in [-0.39, 0.29) is 5.91 Å².